The zero-order chi connectivity index (χ0) is 15.1. The highest BCUT2D eigenvalue weighted by Gasteiger charge is 2.05. The lowest BCUT2D eigenvalue weighted by Gasteiger charge is -2.17. The molecule has 0 aliphatic carbocycles. The number of thiazole rings is 1. The van der Waals surface area contributed by atoms with E-state index in [1.54, 1.807) is 23.5 Å². The Morgan fingerprint density at radius 1 is 1.19 bits per heavy atom. The summed E-state index contributed by atoms with van der Waals surface area (Å²) < 4.78 is 12.9. The van der Waals surface area contributed by atoms with E-state index in [1.807, 2.05) is 0 Å². The maximum atomic E-state index is 12.9. The number of hydrogen-bond donors (Lipinski definition) is 1. The van der Waals surface area contributed by atoms with E-state index in [9.17, 15) is 4.39 Å². The molecular formula is C16H22FN3S. The fourth-order valence-corrected chi connectivity index (χ4v) is 2.93. The van der Waals surface area contributed by atoms with Gasteiger partial charge in [-0.25, -0.2) is 9.37 Å². The summed E-state index contributed by atoms with van der Waals surface area (Å²) in [4.78, 5) is 6.97. The largest absolute Gasteiger partial charge is 0.310 e. The first-order valence-corrected chi connectivity index (χ1v) is 8.24. The summed E-state index contributed by atoms with van der Waals surface area (Å²) in [6.07, 6.45) is 0. The van der Waals surface area contributed by atoms with Crippen LogP contribution in [0.3, 0.4) is 0 Å². The van der Waals surface area contributed by atoms with Gasteiger partial charge >= 0.3 is 0 Å². The van der Waals surface area contributed by atoms with Crippen molar-refractivity contribution in [3.63, 3.8) is 0 Å². The van der Waals surface area contributed by atoms with Gasteiger partial charge in [-0.1, -0.05) is 13.8 Å². The summed E-state index contributed by atoms with van der Waals surface area (Å²) in [6, 6.07) is 6.48. The molecule has 5 heteroatoms. The summed E-state index contributed by atoms with van der Waals surface area (Å²) in [5.74, 6) is -0.214. The van der Waals surface area contributed by atoms with Crippen LogP contribution < -0.4 is 5.32 Å². The molecule has 0 radical (unpaired) electrons. The molecule has 0 unspecified atom stereocenters. The van der Waals surface area contributed by atoms with E-state index in [-0.39, 0.29) is 5.82 Å². The van der Waals surface area contributed by atoms with Crippen LogP contribution in [0.25, 0.3) is 10.6 Å². The van der Waals surface area contributed by atoms with E-state index >= 15 is 0 Å². The van der Waals surface area contributed by atoms with Crippen LogP contribution >= 0.6 is 11.3 Å². The van der Waals surface area contributed by atoms with Gasteiger partial charge in [0, 0.05) is 30.6 Å². The second-order valence-corrected chi connectivity index (χ2v) is 5.71. The molecule has 2 rings (SSSR count). The number of halogens is 1. The first kappa shape index (κ1) is 16.1. The van der Waals surface area contributed by atoms with Crippen molar-refractivity contribution in [2.45, 2.75) is 20.4 Å². The Balaban J connectivity index is 1.82. The summed E-state index contributed by atoms with van der Waals surface area (Å²) in [5.41, 5.74) is 2.01. The van der Waals surface area contributed by atoms with Crippen molar-refractivity contribution >= 4 is 11.3 Å². The van der Waals surface area contributed by atoms with E-state index in [2.05, 4.69) is 34.4 Å². The first-order valence-electron chi connectivity index (χ1n) is 7.36. The third-order valence-electron chi connectivity index (χ3n) is 3.45. The van der Waals surface area contributed by atoms with Crippen LogP contribution in [0.4, 0.5) is 4.39 Å². The van der Waals surface area contributed by atoms with Crippen LogP contribution in [0, 0.1) is 5.82 Å². The molecule has 0 spiro atoms. The third-order valence-corrected chi connectivity index (χ3v) is 4.39. The van der Waals surface area contributed by atoms with E-state index in [0.29, 0.717) is 0 Å². The van der Waals surface area contributed by atoms with Gasteiger partial charge < -0.3 is 10.2 Å². The molecule has 0 fully saturated rings. The smallest absolute Gasteiger partial charge is 0.123 e. The number of benzene rings is 1. The normalized spacial score (nSPS) is 11.2. The van der Waals surface area contributed by atoms with Gasteiger partial charge in [-0.2, -0.15) is 0 Å². The summed E-state index contributed by atoms with van der Waals surface area (Å²) >= 11 is 1.60. The molecule has 0 aliphatic heterocycles. The van der Waals surface area contributed by atoms with Crippen molar-refractivity contribution in [1.29, 1.82) is 0 Å². The Kier molecular flexibility index (Phi) is 6.29. The van der Waals surface area contributed by atoms with Gasteiger partial charge in [-0.05, 0) is 37.4 Å². The summed E-state index contributed by atoms with van der Waals surface area (Å²) in [6.45, 7) is 9.33. The van der Waals surface area contributed by atoms with Gasteiger partial charge in [-0.15, -0.1) is 11.3 Å². The molecular weight excluding hydrogens is 285 g/mol. The Bertz CT molecular complexity index is 535. The van der Waals surface area contributed by atoms with Crippen LogP contribution in [-0.4, -0.2) is 36.1 Å². The molecule has 2 aromatic rings. The maximum absolute atomic E-state index is 12.9. The fourth-order valence-electron chi connectivity index (χ4n) is 2.11. The molecule has 0 aliphatic rings. The summed E-state index contributed by atoms with van der Waals surface area (Å²) in [5, 5.41) is 6.42. The molecule has 114 valence electrons. The molecule has 0 saturated carbocycles. The fraction of sp³-hybridized carbons (Fsp3) is 0.438. The van der Waals surface area contributed by atoms with Crippen LogP contribution in [0.5, 0.6) is 0 Å². The predicted molar refractivity (Wildman–Crippen MR) is 87.0 cm³/mol. The highest BCUT2D eigenvalue weighted by Crippen LogP contribution is 2.23. The van der Waals surface area contributed by atoms with Crippen molar-refractivity contribution < 1.29 is 4.39 Å². The quantitative estimate of drug-likeness (QED) is 0.758. The number of rotatable bonds is 8. The lowest BCUT2D eigenvalue weighted by Crippen LogP contribution is -2.31. The van der Waals surface area contributed by atoms with E-state index in [0.717, 1.165) is 49.0 Å². The topological polar surface area (TPSA) is 28.2 Å². The van der Waals surface area contributed by atoms with Crippen LogP contribution in [-0.2, 0) is 6.54 Å². The van der Waals surface area contributed by atoms with Crippen molar-refractivity contribution in [3.8, 4) is 10.6 Å². The average molecular weight is 307 g/mol. The van der Waals surface area contributed by atoms with Crippen molar-refractivity contribution in [3.05, 3.63) is 41.2 Å². The van der Waals surface area contributed by atoms with E-state index in [1.165, 1.54) is 12.1 Å². The standard InChI is InChI=1S/C16H22FN3S/c1-3-20(4-2)10-9-18-11-15-12-21-16(19-15)13-5-7-14(17)8-6-13/h5-8,12,18H,3-4,9-11H2,1-2H3. The highest BCUT2D eigenvalue weighted by atomic mass is 32.1. The third kappa shape index (κ3) is 4.88. The molecule has 0 bridgehead atoms. The summed E-state index contributed by atoms with van der Waals surface area (Å²) in [7, 11) is 0. The SMILES string of the molecule is CCN(CC)CCNCc1csc(-c2ccc(F)cc2)n1. The van der Waals surface area contributed by atoms with Gasteiger partial charge in [0.05, 0.1) is 5.69 Å². The van der Waals surface area contributed by atoms with E-state index < -0.39 is 0 Å². The lowest BCUT2D eigenvalue weighted by atomic mass is 10.2. The average Bonchev–Trinajstić information content (AvgIpc) is 2.97. The molecule has 1 aromatic heterocycles. The molecule has 0 atom stereocenters. The minimum atomic E-state index is -0.214. The number of nitrogens with zero attached hydrogens (tertiary/aromatic N) is 2. The molecule has 0 saturated heterocycles. The van der Waals surface area contributed by atoms with Gasteiger partial charge in [0.1, 0.15) is 10.8 Å². The predicted octanol–water partition coefficient (Wildman–Crippen LogP) is 3.38. The van der Waals surface area contributed by atoms with Crippen molar-refractivity contribution in [2.24, 2.45) is 0 Å². The Morgan fingerprint density at radius 3 is 2.57 bits per heavy atom. The number of nitrogens with one attached hydrogen (secondary N) is 1. The molecule has 0 amide bonds. The number of aromatic nitrogens is 1. The highest BCUT2D eigenvalue weighted by molar-refractivity contribution is 7.13. The second kappa shape index (κ2) is 8.22. The zero-order valence-electron chi connectivity index (χ0n) is 12.6. The lowest BCUT2D eigenvalue weighted by molar-refractivity contribution is 0.302. The second-order valence-electron chi connectivity index (χ2n) is 4.85. The van der Waals surface area contributed by atoms with Crippen LogP contribution in [0.15, 0.2) is 29.6 Å². The minimum absolute atomic E-state index is 0.214. The Labute approximate surface area is 129 Å². The zero-order valence-corrected chi connectivity index (χ0v) is 13.4. The molecule has 1 heterocycles. The molecule has 3 nitrogen and oxygen atoms in total. The van der Waals surface area contributed by atoms with Crippen molar-refractivity contribution in [1.82, 2.24) is 15.2 Å². The van der Waals surface area contributed by atoms with E-state index in [4.69, 9.17) is 0 Å². The monoisotopic (exact) mass is 307 g/mol. The molecule has 21 heavy (non-hydrogen) atoms. The number of hydrogen-bond acceptors (Lipinski definition) is 4. The Hall–Kier alpha value is -1.30. The first-order chi connectivity index (χ1) is 10.2. The Morgan fingerprint density at radius 2 is 1.90 bits per heavy atom. The van der Waals surface area contributed by atoms with Crippen LogP contribution in [0.2, 0.25) is 0 Å². The maximum Gasteiger partial charge on any atom is 0.123 e. The van der Waals surface area contributed by atoms with Crippen molar-refractivity contribution in [2.75, 3.05) is 26.2 Å². The van der Waals surface area contributed by atoms with Gasteiger partial charge in [0.25, 0.3) is 0 Å². The van der Waals surface area contributed by atoms with Crippen LogP contribution in [0.1, 0.15) is 19.5 Å². The molecule has 1 N–H and O–H groups in total. The van der Waals surface area contributed by atoms with Gasteiger partial charge in [-0.3, -0.25) is 0 Å². The molecule has 1 aromatic carbocycles. The van der Waals surface area contributed by atoms with Gasteiger partial charge in [0.15, 0.2) is 0 Å². The number of likely N-dealkylation sites (N-methyl/N-ethyl adjacent to an activating group) is 1. The minimum Gasteiger partial charge on any atom is -0.310 e. The van der Waals surface area contributed by atoms with Gasteiger partial charge in [0.2, 0.25) is 0 Å².